The van der Waals surface area contributed by atoms with Crippen LogP contribution in [0.1, 0.15) is 44.7 Å². The fourth-order valence-corrected chi connectivity index (χ4v) is 8.34. The number of nitrogens with zero attached hydrogens (tertiary/aromatic N) is 2. The van der Waals surface area contributed by atoms with Gasteiger partial charge in [0.2, 0.25) is 10.0 Å². The summed E-state index contributed by atoms with van der Waals surface area (Å²) in [4.78, 5) is 27.8. The maximum atomic E-state index is 14.6. The van der Waals surface area contributed by atoms with Gasteiger partial charge in [0, 0.05) is 36.5 Å². The van der Waals surface area contributed by atoms with Crippen LogP contribution < -0.4 is 10.6 Å². The number of fused-ring (bicyclic) bond motifs is 2. The Labute approximate surface area is 283 Å². The van der Waals surface area contributed by atoms with E-state index in [-0.39, 0.29) is 55.0 Å². The van der Waals surface area contributed by atoms with Crippen LogP contribution in [-0.4, -0.2) is 106 Å². The van der Waals surface area contributed by atoms with Gasteiger partial charge in [0.15, 0.2) is 6.29 Å². The zero-order valence-electron chi connectivity index (χ0n) is 28.1. The number of sulfonamides is 1. The lowest BCUT2D eigenvalue weighted by atomic mass is 10.0. The SMILES string of the molecule is CCCN(C)CC=C1C(=O)Nc2ccc(S(=O)(=O)N(CC(C)C)C(Cc3ccccc3)C(O)CNC(=O)OC3COC4OCCC34)cc21. The summed E-state index contributed by atoms with van der Waals surface area (Å²) in [6.07, 6.45) is 0.885. The molecule has 3 N–H and O–H groups in total. The molecule has 5 rings (SSSR count). The average Bonchev–Trinajstić information content (AvgIpc) is 3.76. The van der Waals surface area contributed by atoms with E-state index >= 15 is 0 Å². The van der Waals surface area contributed by atoms with E-state index in [1.54, 1.807) is 6.07 Å². The maximum Gasteiger partial charge on any atom is 0.407 e. The molecule has 3 aliphatic heterocycles. The number of hydrogen-bond donors (Lipinski definition) is 3. The molecule has 5 atom stereocenters. The van der Waals surface area contributed by atoms with Gasteiger partial charge in [-0.1, -0.05) is 57.2 Å². The van der Waals surface area contributed by atoms with Gasteiger partial charge in [0.1, 0.15) is 6.10 Å². The Hall–Kier alpha value is -3.33. The molecule has 0 bridgehead atoms. The third-order valence-corrected chi connectivity index (χ3v) is 10.8. The van der Waals surface area contributed by atoms with Gasteiger partial charge in [-0.2, -0.15) is 4.31 Å². The first-order valence-corrected chi connectivity index (χ1v) is 18.2. The van der Waals surface area contributed by atoms with E-state index in [2.05, 4.69) is 22.5 Å². The molecule has 2 saturated heterocycles. The number of carbonyl (C=O) groups is 2. The molecule has 12 nitrogen and oxygen atoms in total. The third-order valence-electron chi connectivity index (χ3n) is 8.94. The van der Waals surface area contributed by atoms with Crippen LogP contribution in [0, 0.1) is 11.8 Å². The molecule has 3 heterocycles. The lowest BCUT2D eigenvalue weighted by Gasteiger charge is -2.35. The molecule has 0 saturated carbocycles. The van der Waals surface area contributed by atoms with Gasteiger partial charge < -0.3 is 34.9 Å². The molecule has 0 aromatic heterocycles. The highest BCUT2D eigenvalue weighted by molar-refractivity contribution is 7.89. The lowest BCUT2D eigenvalue weighted by Crippen LogP contribution is -2.53. The molecule has 13 heteroatoms. The van der Waals surface area contributed by atoms with Crippen molar-refractivity contribution >= 4 is 33.3 Å². The Bertz CT molecular complexity index is 1570. The Kier molecular flexibility index (Phi) is 11.9. The van der Waals surface area contributed by atoms with Crippen molar-refractivity contribution in [3.63, 3.8) is 0 Å². The largest absolute Gasteiger partial charge is 0.443 e. The minimum absolute atomic E-state index is 0.0124. The van der Waals surface area contributed by atoms with Crippen LogP contribution in [0.15, 0.2) is 59.5 Å². The number of benzene rings is 2. The number of alkyl carbamates (subject to hydrolysis) is 1. The molecular weight excluding hydrogens is 636 g/mol. The zero-order chi connectivity index (χ0) is 34.4. The molecule has 0 aliphatic carbocycles. The van der Waals surface area contributed by atoms with Crippen LogP contribution >= 0.6 is 0 Å². The fraction of sp³-hybridized carbons (Fsp3) is 0.543. The normalized spacial score (nSPS) is 22.6. The van der Waals surface area contributed by atoms with E-state index in [4.69, 9.17) is 14.2 Å². The molecular formula is C35H48N4O8S. The van der Waals surface area contributed by atoms with E-state index < -0.39 is 34.4 Å². The number of rotatable bonds is 15. The van der Waals surface area contributed by atoms with Crippen molar-refractivity contribution in [2.75, 3.05) is 51.8 Å². The number of anilines is 1. The minimum Gasteiger partial charge on any atom is -0.443 e. The van der Waals surface area contributed by atoms with Gasteiger partial charge in [-0.25, -0.2) is 13.2 Å². The molecule has 5 unspecified atom stereocenters. The van der Waals surface area contributed by atoms with Crippen molar-refractivity contribution in [2.24, 2.45) is 11.8 Å². The smallest absolute Gasteiger partial charge is 0.407 e. The summed E-state index contributed by atoms with van der Waals surface area (Å²) in [5, 5.41) is 17.1. The molecule has 0 spiro atoms. The van der Waals surface area contributed by atoms with Gasteiger partial charge in [-0.15, -0.1) is 0 Å². The second kappa shape index (κ2) is 15.9. The predicted molar refractivity (Wildman–Crippen MR) is 182 cm³/mol. The van der Waals surface area contributed by atoms with Crippen LogP contribution in [0.25, 0.3) is 5.57 Å². The van der Waals surface area contributed by atoms with Gasteiger partial charge in [-0.05, 0) is 62.5 Å². The molecule has 262 valence electrons. The summed E-state index contributed by atoms with van der Waals surface area (Å²) in [5.74, 6) is -0.406. The van der Waals surface area contributed by atoms with Crippen LogP contribution in [0.4, 0.5) is 10.5 Å². The summed E-state index contributed by atoms with van der Waals surface area (Å²) in [7, 11) is -2.24. The van der Waals surface area contributed by atoms with E-state index in [1.165, 1.54) is 16.4 Å². The van der Waals surface area contributed by atoms with Crippen LogP contribution in [0.5, 0.6) is 0 Å². The Morgan fingerprint density at radius 3 is 2.69 bits per heavy atom. The molecule has 0 radical (unpaired) electrons. The second-order valence-corrected chi connectivity index (χ2v) is 15.1. The number of ether oxygens (including phenoxy) is 3. The molecule has 48 heavy (non-hydrogen) atoms. The van der Waals surface area contributed by atoms with Crippen molar-refractivity contribution in [2.45, 2.75) is 69.5 Å². The van der Waals surface area contributed by atoms with Crippen LogP contribution in [0.2, 0.25) is 0 Å². The maximum absolute atomic E-state index is 14.6. The van der Waals surface area contributed by atoms with Crippen molar-refractivity contribution in [1.82, 2.24) is 14.5 Å². The van der Waals surface area contributed by atoms with E-state index in [1.807, 2.05) is 57.3 Å². The van der Waals surface area contributed by atoms with Gasteiger partial charge in [-0.3, -0.25) is 4.79 Å². The monoisotopic (exact) mass is 684 g/mol. The van der Waals surface area contributed by atoms with Crippen molar-refractivity contribution in [1.29, 1.82) is 0 Å². The minimum atomic E-state index is -4.21. The quantitative estimate of drug-likeness (QED) is 0.240. The first-order valence-electron chi connectivity index (χ1n) is 16.7. The van der Waals surface area contributed by atoms with E-state index in [0.717, 1.165) is 24.9 Å². The van der Waals surface area contributed by atoms with E-state index in [9.17, 15) is 23.1 Å². The Morgan fingerprint density at radius 1 is 1.19 bits per heavy atom. The van der Waals surface area contributed by atoms with Crippen LogP contribution in [-0.2, 0) is 35.4 Å². The first kappa shape index (κ1) is 36.0. The highest BCUT2D eigenvalue weighted by Crippen LogP contribution is 2.36. The predicted octanol–water partition coefficient (Wildman–Crippen LogP) is 3.47. The molecule has 2 aromatic rings. The highest BCUT2D eigenvalue weighted by Gasteiger charge is 2.44. The van der Waals surface area contributed by atoms with Crippen molar-refractivity contribution < 1.29 is 37.3 Å². The van der Waals surface area contributed by atoms with Gasteiger partial charge >= 0.3 is 6.09 Å². The highest BCUT2D eigenvalue weighted by atomic mass is 32.2. The van der Waals surface area contributed by atoms with Gasteiger partial charge in [0.25, 0.3) is 5.91 Å². The molecule has 3 aliphatic rings. The zero-order valence-corrected chi connectivity index (χ0v) is 28.9. The number of likely N-dealkylation sites (N-methyl/N-ethyl adjacent to an activating group) is 1. The number of aliphatic hydroxyl groups is 1. The summed E-state index contributed by atoms with van der Waals surface area (Å²) in [5.41, 5.74) is 2.32. The molecule has 2 amide bonds. The van der Waals surface area contributed by atoms with E-state index in [0.29, 0.717) is 30.0 Å². The standard InChI is InChI=1S/C35H48N4O8S/c1-5-15-38(4)16-13-26-28-19-25(11-12-29(28)37-33(26)41)48(43,44)39(21-23(2)3)30(18-24-9-7-6-8-10-24)31(40)20-36-35(42)47-32-22-46-34-27(32)14-17-45-34/h6-13,19,23,27,30-32,34,40H,5,14-18,20-22H2,1-4H3,(H,36,42)(H,37,41). The second-order valence-electron chi connectivity index (χ2n) is 13.2. The number of amides is 2. The number of hydrogen-bond acceptors (Lipinski definition) is 9. The summed E-state index contributed by atoms with van der Waals surface area (Å²) < 4.78 is 47.1. The number of carbonyl (C=O) groups excluding carboxylic acids is 2. The van der Waals surface area contributed by atoms with Crippen molar-refractivity contribution in [3.05, 3.63) is 65.7 Å². The summed E-state index contributed by atoms with van der Waals surface area (Å²) >= 11 is 0. The third kappa shape index (κ3) is 8.44. The summed E-state index contributed by atoms with van der Waals surface area (Å²) in [6, 6.07) is 13.0. The Morgan fingerprint density at radius 2 is 1.96 bits per heavy atom. The number of nitrogens with one attached hydrogen (secondary N) is 2. The fourth-order valence-electron chi connectivity index (χ4n) is 6.49. The topological polar surface area (TPSA) is 147 Å². The number of aliphatic hydroxyl groups excluding tert-OH is 1. The molecule has 2 aromatic carbocycles. The lowest BCUT2D eigenvalue weighted by molar-refractivity contribution is -0.110. The Balaban J connectivity index is 1.40. The summed E-state index contributed by atoms with van der Waals surface area (Å²) in [6.45, 7) is 7.95. The van der Waals surface area contributed by atoms with Crippen LogP contribution in [0.3, 0.4) is 0 Å². The van der Waals surface area contributed by atoms with Gasteiger partial charge in [0.05, 0.1) is 36.2 Å². The van der Waals surface area contributed by atoms with Crippen molar-refractivity contribution in [3.8, 4) is 0 Å². The average molecular weight is 685 g/mol. The first-order chi connectivity index (χ1) is 23.0. The molecule has 2 fully saturated rings.